The van der Waals surface area contributed by atoms with Gasteiger partial charge in [-0.1, -0.05) is 6.42 Å². The first-order valence-corrected chi connectivity index (χ1v) is 6.52. The number of hydrogen-bond acceptors (Lipinski definition) is 2. The Balaban J connectivity index is 1.75. The minimum absolute atomic E-state index is 0.0406. The number of rotatable bonds is 5. The fraction of sp³-hybridized carbons (Fsp3) is 0.846. The molecule has 0 aromatic heterocycles. The van der Waals surface area contributed by atoms with Gasteiger partial charge in [0.25, 0.3) is 0 Å². The van der Waals surface area contributed by atoms with Crippen molar-refractivity contribution in [3.05, 3.63) is 0 Å². The van der Waals surface area contributed by atoms with Gasteiger partial charge in [0.05, 0.1) is 6.42 Å². The van der Waals surface area contributed by atoms with Crippen LogP contribution in [0.3, 0.4) is 0 Å². The highest BCUT2D eigenvalue weighted by Crippen LogP contribution is 2.49. The lowest BCUT2D eigenvalue weighted by atomic mass is 9.86. The lowest BCUT2D eigenvalue weighted by molar-refractivity contribution is -0.138. The van der Waals surface area contributed by atoms with Gasteiger partial charge in [-0.3, -0.25) is 9.59 Å². The monoisotopic (exact) mass is 239 g/mol. The van der Waals surface area contributed by atoms with Crippen molar-refractivity contribution in [2.24, 2.45) is 17.8 Å². The molecule has 2 rings (SSSR count). The zero-order valence-electron chi connectivity index (χ0n) is 10.4. The molecule has 2 fully saturated rings. The Hall–Kier alpha value is -1.06. The van der Waals surface area contributed by atoms with Gasteiger partial charge < -0.3 is 10.0 Å². The van der Waals surface area contributed by atoms with Crippen LogP contribution in [-0.2, 0) is 9.59 Å². The van der Waals surface area contributed by atoms with Crippen molar-refractivity contribution >= 4 is 11.9 Å². The summed E-state index contributed by atoms with van der Waals surface area (Å²) in [7, 11) is 1.71. The van der Waals surface area contributed by atoms with Crippen molar-refractivity contribution in [1.29, 1.82) is 0 Å². The Bertz CT molecular complexity index is 316. The second kappa shape index (κ2) is 5.07. The lowest BCUT2D eigenvalue weighted by Gasteiger charge is -2.24. The molecule has 4 heteroatoms. The SMILES string of the molecule is CN(CCC(=O)O)C(=O)CC1CC2CCC1C2. The standard InChI is InChI=1S/C13H21NO3/c1-14(5-4-13(16)17)12(15)8-11-7-9-2-3-10(11)6-9/h9-11H,2-8H2,1H3,(H,16,17). The fourth-order valence-electron chi connectivity index (χ4n) is 3.39. The van der Waals surface area contributed by atoms with Crippen LogP contribution in [0.25, 0.3) is 0 Å². The quantitative estimate of drug-likeness (QED) is 0.795. The molecule has 0 spiro atoms. The van der Waals surface area contributed by atoms with Crippen LogP contribution in [0.15, 0.2) is 0 Å². The first kappa shape index (κ1) is 12.4. The number of hydrogen-bond donors (Lipinski definition) is 1. The zero-order chi connectivity index (χ0) is 12.4. The number of amides is 1. The Kier molecular flexibility index (Phi) is 3.69. The van der Waals surface area contributed by atoms with Gasteiger partial charge in [0.15, 0.2) is 0 Å². The molecule has 96 valence electrons. The van der Waals surface area contributed by atoms with Crippen LogP contribution < -0.4 is 0 Å². The van der Waals surface area contributed by atoms with Gasteiger partial charge in [0.2, 0.25) is 5.91 Å². The largest absolute Gasteiger partial charge is 0.481 e. The molecule has 4 nitrogen and oxygen atoms in total. The van der Waals surface area contributed by atoms with Crippen LogP contribution >= 0.6 is 0 Å². The van der Waals surface area contributed by atoms with Gasteiger partial charge in [0, 0.05) is 20.0 Å². The molecule has 1 amide bonds. The molecule has 0 saturated heterocycles. The number of carboxylic acid groups (broad SMARTS) is 1. The Morgan fingerprint density at radius 2 is 2.06 bits per heavy atom. The van der Waals surface area contributed by atoms with E-state index in [1.54, 1.807) is 11.9 Å². The average Bonchev–Trinajstić information content (AvgIpc) is 2.87. The van der Waals surface area contributed by atoms with E-state index in [0.29, 0.717) is 18.9 Å². The summed E-state index contributed by atoms with van der Waals surface area (Å²) >= 11 is 0. The normalized spacial score (nSPS) is 30.5. The predicted octanol–water partition coefficient (Wildman–Crippen LogP) is 1.75. The Labute approximate surface area is 102 Å². The van der Waals surface area contributed by atoms with E-state index in [1.165, 1.54) is 25.7 Å². The molecule has 3 unspecified atom stereocenters. The first-order chi connectivity index (χ1) is 8.06. The molecule has 2 aliphatic rings. The van der Waals surface area contributed by atoms with Crippen LogP contribution in [0.1, 0.15) is 38.5 Å². The van der Waals surface area contributed by atoms with Gasteiger partial charge >= 0.3 is 5.97 Å². The van der Waals surface area contributed by atoms with Crippen molar-refractivity contribution < 1.29 is 14.7 Å². The van der Waals surface area contributed by atoms with Crippen molar-refractivity contribution in [2.75, 3.05) is 13.6 Å². The molecular weight excluding hydrogens is 218 g/mol. The van der Waals surface area contributed by atoms with Gasteiger partial charge in [-0.15, -0.1) is 0 Å². The highest BCUT2D eigenvalue weighted by atomic mass is 16.4. The van der Waals surface area contributed by atoms with Crippen LogP contribution in [0, 0.1) is 17.8 Å². The lowest BCUT2D eigenvalue weighted by Crippen LogP contribution is -2.31. The van der Waals surface area contributed by atoms with Crippen molar-refractivity contribution in [2.45, 2.75) is 38.5 Å². The number of aliphatic carboxylic acids is 1. The molecule has 0 aromatic carbocycles. The van der Waals surface area contributed by atoms with E-state index in [0.717, 1.165) is 11.8 Å². The number of fused-ring (bicyclic) bond motifs is 2. The van der Waals surface area contributed by atoms with Crippen LogP contribution in [0.2, 0.25) is 0 Å². The van der Waals surface area contributed by atoms with Crippen molar-refractivity contribution in [3.63, 3.8) is 0 Å². The molecule has 2 bridgehead atoms. The van der Waals surface area contributed by atoms with Crippen LogP contribution in [-0.4, -0.2) is 35.5 Å². The molecular formula is C13H21NO3. The van der Waals surface area contributed by atoms with Gasteiger partial charge in [-0.25, -0.2) is 0 Å². The van der Waals surface area contributed by atoms with Gasteiger partial charge in [-0.2, -0.15) is 0 Å². The summed E-state index contributed by atoms with van der Waals surface area (Å²) in [6.07, 6.45) is 5.84. The van der Waals surface area contributed by atoms with E-state index >= 15 is 0 Å². The maximum atomic E-state index is 11.9. The zero-order valence-corrected chi connectivity index (χ0v) is 10.4. The van der Waals surface area contributed by atoms with Crippen LogP contribution in [0.4, 0.5) is 0 Å². The number of carbonyl (C=O) groups is 2. The molecule has 0 radical (unpaired) electrons. The van der Waals surface area contributed by atoms with E-state index in [4.69, 9.17) is 5.11 Å². The molecule has 2 aliphatic carbocycles. The summed E-state index contributed by atoms with van der Waals surface area (Å²) in [5, 5.41) is 8.58. The smallest absolute Gasteiger partial charge is 0.305 e. The molecule has 0 aliphatic heterocycles. The van der Waals surface area contributed by atoms with Gasteiger partial charge in [0.1, 0.15) is 0 Å². The Morgan fingerprint density at radius 3 is 2.59 bits per heavy atom. The van der Waals surface area contributed by atoms with E-state index in [1.807, 2.05) is 0 Å². The van der Waals surface area contributed by atoms with Crippen LogP contribution in [0.5, 0.6) is 0 Å². The first-order valence-electron chi connectivity index (χ1n) is 6.52. The molecule has 0 aromatic rings. The van der Waals surface area contributed by atoms with E-state index in [9.17, 15) is 9.59 Å². The minimum Gasteiger partial charge on any atom is -0.481 e. The summed E-state index contributed by atoms with van der Waals surface area (Å²) in [5.41, 5.74) is 0. The van der Waals surface area contributed by atoms with Crippen molar-refractivity contribution in [3.8, 4) is 0 Å². The maximum Gasteiger partial charge on any atom is 0.305 e. The summed E-state index contributed by atoms with van der Waals surface area (Å²) in [6.45, 7) is 0.328. The summed E-state index contributed by atoms with van der Waals surface area (Å²) in [4.78, 5) is 23.9. The Morgan fingerprint density at radius 1 is 1.29 bits per heavy atom. The highest BCUT2D eigenvalue weighted by Gasteiger charge is 2.40. The third kappa shape index (κ3) is 2.99. The van der Waals surface area contributed by atoms with Crippen molar-refractivity contribution in [1.82, 2.24) is 4.90 Å². The topological polar surface area (TPSA) is 57.6 Å². The van der Waals surface area contributed by atoms with E-state index in [-0.39, 0.29) is 12.3 Å². The fourth-order valence-corrected chi connectivity index (χ4v) is 3.39. The van der Waals surface area contributed by atoms with Gasteiger partial charge in [-0.05, 0) is 37.0 Å². The maximum absolute atomic E-state index is 11.9. The second-order valence-electron chi connectivity index (χ2n) is 5.60. The summed E-state index contributed by atoms with van der Waals surface area (Å²) in [6, 6.07) is 0. The molecule has 0 heterocycles. The third-order valence-corrected chi connectivity index (χ3v) is 4.41. The second-order valence-corrected chi connectivity index (χ2v) is 5.60. The number of carboxylic acids is 1. The van der Waals surface area contributed by atoms with E-state index in [2.05, 4.69) is 0 Å². The summed E-state index contributed by atoms with van der Waals surface area (Å²) < 4.78 is 0. The number of carbonyl (C=O) groups excluding carboxylic acids is 1. The molecule has 3 atom stereocenters. The van der Waals surface area contributed by atoms with E-state index < -0.39 is 5.97 Å². The summed E-state index contributed by atoms with van der Waals surface area (Å²) in [5.74, 6) is 1.46. The highest BCUT2D eigenvalue weighted by molar-refractivity contribution is 5.77. The number of nitrogens with zero attached hydrogens (tertiary/aromatic N) is 1. The average molecular weight is 239 g/mol. The predicted molar refractivity (Wildman–Crippen MR) is 63.4 cm³/mol. The molecule has 2 saturated carbocycles. The molecule has 1 N–H and O–H groups in total. The third-order valence-electron chi connectivity index (χ3n) is 4.41. The molecule has 17 heavy (non-hydrogen) atoms. The minimum atomic E-state index is -0.843.